The van der Waals surface area contributed by atoms with Gasteiger partial charge in [-0.05, 0) is 30.5 Å². The van der Waals surface area contributed by atoms with Crippen LogP contribution in [0.3, 0.4) is 0 Å². The minimum Gasteiger partial charge on any atom is -0.394 e. The van der Waals surface area contributed by atoms with Gasteiger partial charge in [-0.3, -0.25) is 9.59 Å². The van der Waals surface area contributed by atoms with Crippen molar-refractivity contribution < 1.29 is 19.0 Å². The summed E-state index contributed by atoms with van der Waals surface area (Å²) in [5.41, 5.74) is -0.178. The minimum atomic E-state index is -0.516. The molecule has 1 aromatic heterocycles. The number of H-pyrrole nitrogens is 1. The van der Waals surface area contributed by atoms with E-state index in [9.17, 15) is 14.0 Å². The number of ether oxygens (including phenoxy) is 1. The summed E-state index contributed by atoms with van der Waals surface area (Å²) in [7, 11) is 0. The summed E-state index contributed by atoms with van der Waals surface area (Å²) in [5, 5.41) is 13.8. The molecule has 0 spiro atoms. The second-order valence-corrected chi connectivity index (χ2v) is 5.74. The van der Waals surface area contributed by atoms with E-state index in [-0.39, 0.29) is 37.0 Å². The van der Waals surface area contributed by atoms with E-state index in [0.717, 1.165) is 4.90 Å². The molecule has 2 rings (SSSR count). The van der Waals surface area contributed by atoms with Gasteiger partial charge in [0.2, 0.25) is 5.56 Å². The highest BCUT2D eigenvalue weighted by Crippen LogP contribution is 2.24. The average Bonchev–Trinajstić information content (AvgIpc) is 2.60. The van der Waals surface area contributed by atoms with Gasteiger partial charge < -0.3 is 25.5 Å². The van der Waals surface area contributed by atoms with Crippen LogP contribution in [-0.4, -0.2) is 42.2 Å². The zero-order valence-electron chi connectivity index (χ0n) is 13.5. The molecular formula is C16H18FN3O4S. The van der Waals surface area contributed by atoms with Crippen molar-refractivity contribution in [3.05, 3.63) is 52.1 Å². The van der Waals surface area contributed by atoms with Gasteiger partial charge in [-0.15, -0.1) is 11.8 Å². The van der Waals surface area contributed by atoms with E-state index in [1.165, 1.54) is 36.0 Å². The molecule has 1 aromatic carbocycles. The van der Waals surface area contributed by atoms with Crippen LogP contribution in [0.25, 0.3) is 0 Å². The molecule has 2 aromatic rings. The fourth-order valence-electron chi connectivity index (χ4n) is 1.97. The Balaban J connectivity index is 2.21. The number of halogens is 1. The van der Waals surface area contributed by atoms with Crippen molar-refractivity contribution in [3.8, 4) is 0 Å². The number of hydrogen-bond acceptors (Lipinski definition) is 6. The molecule has 9 heteroatoms. The number of rotatable bonds is 8. The third-order valence-electron chi connectivity index (χ3n) is 3.17. The molecule has 0 saturated carbocycles. The molecule has 0 atom stereocenters. The van der Waals surface area contributed by atoms with Crippen LogP contribution in [0.15, 0.2) is 40.0 Å². The molecule has 0 fully saturated rings. The number of aliphatic hydroxyl groups excluding tert-OH is 1. The zero-order chi connectivity index (χ0) is 18.2. The Hall–Kier alpha value is -2.36. The molecule has 7 nitrogen and oxygen atoms in total. The van der Waals surface area contributed by atoms with Crippen LogP contribution in [0.1, 0.15) is 10.4 Å². The van der Waals surface area contributed by atoms with E-state index in [0.29, 0.717) is 0 Å². The average molecular weight is 367 g/mol. The highest BCUT2D eigenvalue weighted by molar-refractivity contribution is 7.98. The maximum Gasteiger partial charge on any atom is 0.256 e. The van der Waals surface area contributed by atoms with Crippen molar-refractivity contribution in [1.82, 2.24) is 10.3 Å². The number of anilines is 2. The van der Waals surface area contributed by atoms with E-state index in [4.69, 9.17) is 9.84 Å². The first-order chi connectivity index (χ1) is 12.0. The van der Waals surface area contributed by atoms with E-state index in [1.807, 2.05) is 6.26 Å². The molecule has 0 saturated heterocycles. The predicted octanol–water partition coefficient (Wildman–Crippen LogP) is 1.68. The van der Waals surface area contributed by atoms with Crippen molar-refractivity contribution in [2.45, 2.75) is 4.90 Å². The van der Waals surface area contributed by atoms with Gasteiger partial charge in [0.25, 0.3) is 5.91 Å². The van der Waals surface area contributed by atoms with Crippen LogP contribution in [0, 0.1) is 5.82 Å². The zero-order valence-corrected chi connectivity index (χ0v) is 14.3. The molecule has 0 aliphatic rings. The van der Waals surface area contributed by atoms with Gasteiger partial charge in [-0.1, -0.05) is 0 Å². The normalized spacial score (nSPS) is 10.5. The molecule has 0 aliphatic heterocycles. The minimum absolute atomic E-state index is 0.0722. The van der Waals surface area contributed by atoms with Crippen LogP contribution < -0.4 is 16.2 Å². The van der Waals surface area contributed by atoms with Crippen molar-refractivity contribution in [2.75, 3.05) is 31.5 Å². The number of nitrogens with one attached hydrogen (secondary N) is 3. The summed E-state index contributed by atoms with van der Waals surface area (Å²) in [5.74, 6) is -0.949. The Labute approximate surface area is 147 Å². The molecular weight excluding hydrogens is 349 g/mol. The highest BCUT2D eigenvalue weighted by atomic mass is 32.2. The number of benzene rings is 1. The molecule has 134 valence electrons. The van der Waals surface area contributed by atoms with Gasteiger partial charge in [0.1, 0.15) is 18.4 Å². The largest absolute Gasteiger partial charge is 0.394 e. The number of aromatic nitrogens is 1. The number of aliphatic hydroxyl groups is 1. The summed E-state index contributed by atoms with van der Waals surface area (Å²) in [6, 6.07) is 7.13. The van der Waals surface area contributed by atoms with Crippen molar-refractivity contribution >= 4 is 29.2 Å². The smallest absolute Gasteiger partial charge is 0.256 e. The third-order valence-corrected chi connectivity index (χ3v) is 3.90. The summed E-state index contributed by atoms with van der Waals surface area (Å²) in [6.07, 6.45) is 1.83. The van der Waals surface area contributed by atoms with Crippen LogP contribution in [0.4, 0.5) is 15.9 Å². The van der Waals surface area contributed by atoms with Gasteiger partial charge in [0.15, 0.2) is 0 Å². The Morgan fingerprint density at radius 2 is 2.16 bits per heavy atom. The van der Waals surface area contributed by atoms with Crippen LogP contribution in [-0.2, 0) is 4.74 Å². The summed E-state index contributed by atoms with van der Waals surface area (Å²) in [6.45, 7) is -0.175. The SMILES string of the molecule is CSc1ccc(Nc2[nH]c(=O)ccc2C(=O)NCOCCO)c(F)c1. The van der Waals surface area contributed by atoms with Crippen LogP contribution >= 0.6 is 11.8 Å². The predicted molar refractivity (Wildman–Crippen MR) is 93.9 cm³/mol. The molecule has 0 bridgehead atoms. The Bertz CT molecular complexity index is 797. The quantitative estimate of drug-likeness (QED) is 0.322. The molecule has 4 N–H and O–H groups in total. The molecule has 0 aliphatic carbocycles. The Morgan fingerprint density at radius 1 is 1.36 bits per heavy atom. The van der Waals surface area contributed by atoms with Gasteiger partial charge in [0, 0.05) is 11.0 Å². The van der Waals surface area contributed by atoms with Crippen LogP contribution in [0.2, 0.25) is 0 Å². The molecule has 0 unspecified atom stereocenters. The summed E-state index contributed by atoms with van der Waals surface area (Å²) in [4.78, 5) is 27.0. The lowest BCUT2D eigenvalue weighted by Gasteiger charge is -2.13. The number of hydrogen-bond donors (Lipinski definition) is 4. The van der Waals surface area contributed by atoms with Gasteiger partial charge in [0.05, 0.1) is 24.5 Å². The Morgan fingerprint density at radius 3 is 2.84 bits per heavy atom. The lowest BCUT2D eigenvalue weighted by atomic mass is 10.2. The fraction of sp³-hybridized carbons (Fsp3) is 0.250. The van der Waals surface area contributed by atoms with Crippen molar-refractivity contribution in [3.63, 3.8) is 0 Å². The number of carbonyl (C=O) groups is 1. The second-order valence-electron chi connectivity index (χ2n) is 4.86. The topological polar surface area (TPSA) is 103 Å². The first-order valence-electron chi connectivity index (χ1n) is 7.36. The van der Waals surface area contributed by atoms with E-state index in [1.54, 1.807) is 6.07 Å². The molecule has 1 heterocycles. The number of carbonyl (C=O) groups excluding carboxylic acids is 1. The summed E-state index contributed by atoms with van der Waals surface area (Å²) >= 11 is 1.40. The van der Waals surface area contributed by atoms with Gasteiger partial charge >= 0.3 is 0 Å². The van der Waals surface area contributed by atoms with E-state index >= 15 is 0 Å². The standard InChI is InChI=1S/C16H18FN3O4S/c1-25-10-2-4-13(12(17)8-10)19-15-11(3-5-14(22)20-15)16(23)18-9-24-7-6-21/h2-5,8,21H,6-7,9H2,1H3,(H,18,23)(H2,19,20,22). The summed E-state index contributed by atoms with van der Waals surface area (Å²) < 4.78 is 19.1. The number of aromatic amines is 1. The lowest BCUT2D eigenvalue weighted by Crippen LogP contribution is -2.28. The monoisotopic (exact) mass is 367 g/mol. The first-order valence-corrected chi connectivity index (χ1v) is 8.58. The number of amides is 1. The van der Waals surface area contributed by atoms with Crippen LogP contribution in [0.5, 0.6) is 0 Å². The lowest BCUT2D eigenvalue weighted by molar-refractivity contribution is 0.0664. The highest BCUT2D eigenvalue weighted by Gasteiger charge is 2.14. The molecule has 1 amide bonds. The maximum absolute atomic E-state index is 14.1. The number of pyridine rings is 1. The van der Waals surface area contributed by atoms with E-state index < -0.39 is 17.3 Å². The first kappa shape index (κ1) is 19.0. The third kappa shape index (κ3) is 5.31. The molecule has 25 heavy (non-hydrogen) atoms. The van der Waals surface area contributed by atoms with Gasteiger partial charge in [-0.25, -0.2) is 4.39 Å². The Kier molecular flexibility index (Phi) is 6.99. The van der Waals surface area contributed by atoms with Crippen molar-refractivity contribution in [1.29, 1.82) is 0 Å². The number of thioether (sulfide) groups is 1. The van der Waals surface area contributed by atoms with Gasteiger partial charge in [-0.2, -0.15) is 0 Å². The van der Waals surface area contributed by atoms with Crippen molar-refractivity contribution in [2.24, 2.45) is 0 Å². The fourth-order valence-corrected chi connectivity index (χ4v) is 2.40. The molecule has 0 radical (unpaired) electrons. The second kappa shape index (κ2) is 9.21. The van der Waals surface area contributed by atoms with E-state index in [2.05, 4.69) is 15.6 Å². The maximum atomic E-state index is 14.1.